The SMILES string of the molecule is COC(=O)c1ccc(OCC(=O)NCCOCCOCCNC(=O)OC(C)(C)C)cc1. The summed E-state index contributed by atoms with van der Waals surface area (Å²) in [5.41, 5.74) is -0.128. The van der Waals surface area contributed by atoms with Crippen molar-refractivity contribution < 1.29 is 38.1 Å². The van der Waals surface area contributed by atoms with Crippen LogP contribution in [0.2, 0.25) is 0 Å². The Hall–Kier alpha value is -2.85. The van der Waals surface area contributed by atoms with Gasteiger partial charge in [0, 0.05) is 13.1 Å². The molecule has 0 aromatic heterocycles. The summed E-state index contributed by atoms with van der Waals surface area (Å²) < 4.78 is 25.7. The second-order valence-corrected chi connectivity index (χ2v) is 7.31. The van der Waals surface area contributed by atoms with Crippen LogP contribution < -0.4 is 15.4 Å². The molecule has 0 saturated heterocycles. The van der Waals surface area contributed by atoms with E-state index in [4.69, 9.17) is 18.9 Å². The third kappa shape index (κ3) is 13.1. The molecular weight excluding hydrogens is 408 g/mol. The number of benzene rings is 1. The monoisotopic (exact) mass is 440 g/mol. The second kappa shape index (κ2) is 14.2. The molecule has 174 valence electrons. The van der Waals surface area contributed by atoms with Gasteiger partial charge in [0.25, 0.3) is 5.91 Å². The topological polar surface area (TPSA) is 121 Å². The highest BCUT2D eigenvalue weighted by Crippen LogP contribution is 2.12. The molecule has 0 heterocycles. The highest BCUT2D eigenvalue weighted by Gasteiger charge is 2.15. The minimum atomic E-state index is -0.530. The molecular formula is C21H32N2O8. The predicted molar refractivity (Wildman–Crippen MR) is 112 cm³/mol. The number of amides is 2. The van der Waals surface area contributed by atoms with E-state index in [0.717, 1.165) is 0 Å². The average molecular weight is 440 g/mol. The molecule has 0 aliphatic heterocycles. The number of methoxy groups -OCH3 is 1. The summed E-state index contributed by atoms with van der Waals surface area (Å²) in [7, 11) is 1.31. The summed E-state index contributed by atoms with van der Waals surface area (Å²) in [6, 6.07) is 6.29. The maximum atomic E-state index is 11.8. The highest BCUT2D eigenvalue weighted by molar-refractivity contribution is 5.89. The molecule has 1 aromatic carbocycles. The van der Waals surface area contributed by atoms with Gasteiger partial charge in [0.05, 0.1) is 39.1 Å². The molecule has 0 aliphatic rings. The molecule has 1 rings (SSSR count). The van der Waals surface area contributed by atoms with Gasteiger partial charge in [-0.15, -0.1) is 0 Å². The molecule has 10 heteroatoms. The summed E-state index contributed by atoms with van der Waals surface area (Å²) in [5, 5.41) is 5.26. The zero-order chi connectivity index (χ0) is 23.1. The fourth-order valence-corrected chi connectivity index (χ4v) is 2.13. The number of carbonyl (C=O) groups excluding carboxylic acids is 3. The largest absolute Gasteiger partial charge is 0.484 e. The van der Waals surface area contributed by atoms with E-state index in [2.05, 4.69) is 15.4 Å². The first-order chi connectivity index (χ1) is 14.7. The van der Waals surface area contributed by atoms with E-state index in [-0.39, 0.29) is 12.5 Å². The Labute approximate surface area is 182 Å². The van der Waals surface area contributed by atoms with Gasteiger partial charge < -0.3 is 34.3 Å². The fraction of sp³-hybridized carbons (Fsp3) is 0.571. The van der Waals surface area contributed by atoms with Gasteiger partial charge in [-0.3, -0.25) is 4.79 Å². The quantitative estimate of drug-likeness (QED) is 0.350. The van der Waals surface area contributed by atoms with Crippen molar-refractivity contribution in [3.05, 3.63) is 29.8 Å². The lowest BCUT2D eigenvalue weighted by Gasteiger charge is -2.19. The average Bonchev–Trinajstić information content (AvgIpc) is 2.72. The van der Waals surface area contributed by atoms with E-state index in [9.17, 15) is 14.4 Å². The zero-order valence-corrected chi connectivity index (χ0v) is 18.5. The third-order valence-electron chi connectivity index (χ3n) is 3.50. The van der Waals surface area contributed by atoms with Crippen molar-refractivity contribution in [2.45, 2.75) is 26.4 Å². The van der Waals surface area contributed by atoms with Gasteiger partial charge >= 0.3 is 12.1 Å². The van der Waals surface area contributed by atoms with Crippen molar-refractivity contribution in [2.75, 3.05) is 53.2 Å². The molecule has 0 unspecified atom stereocenters. The summed E-state index contributed by atoms with van der Waals surface area (Å²) in [6.45, 7) is 7.33. The van der Waals surface area contributed by atoms with Crippen LogP contribution in [0.15, 0.2) is 24.3 Å². The van der Waals surface area contributed by atoms with Crippen LogP contribution in [0.25, 0.3) is 0 Å². The minimum absolute atomic E-state index is 0.147. The number of nitrogens with one attached hydrogen (secondary N) is 2. The Bertz CT molecular complexity index is 686. The van der Waals surface area contributed by atoms with Crippen molar-refractivity contribution in [3.63, 3.8) is 0 Å². The first kappa shape index (κ1) is 26.2. The molecule has 2 amide bonds. The Morgan fingerprint density at radius 1 is 0.871 bits per heavy atom. The summed E-state index contributed by atoms with van der Waals surface area (Å²) in [4.78, 5) is 34.5. The van der Waals surface area contributed by atoms with Crippen molar-refractivity contribution >= 4 is 18.0 Å². The molecule has 0 spiro atoms. The maximum Gasteiger partial charge on any atom is 0.407 e. The number of hydrogen-bond acceptors (Lipinski definition) is 8. The van der Waals surface area contributed by atoms with Crippen LogP contribution in [0.1, 0.15) is 31.1 Å². The van der Waals surface area contributed by atoms with Crippen molar-refractivity contribution in [2.24, 2.45) is 0 Å². The first-order valence-corrected chi connectivity index (χ1v) is 9.91. The molecule has 10 nitrogen and oxygen atoms in total. The summed E-state index contributed by atoms with van der Waals surface area (Å²) >= 11 is 0. The van der Waals surface area contributed by atoms with Crippen LogP contribution in [0.3, 0.4) is 0 Å². The van der Waals surface area contributed by atoms with Crippen LogP contribution in [0.4, 0.5) is 4.79 Å². The summed E-state index contributed by atoms with van der Waals surface area (Å²) in [5.74, 6) is -0.255. The summed E-state index contributed by atoms with van der Waals surface area (Å²) in [6.07, 6.45) is -0.481. The van der Waals surface area contributed by atoms with Crippen molar-refractivity contribution in [1.29, 1.82) is 0 Å². The van der Waals surface area contributed by atoms with Crippen molar-refractivity contribution in [3.8, 4) is 5.75 Å². The lowest BCUT2D eigenvalue weighted by Crippen LogP contribution is -2.34. The molecule has 0 fully saturated rings. The van der Waals surface area contributed by atoms with E-state index in [0.29, 0.717) is 50.8 Å². The molecule has 0 bridgehead atoms. The van der Waals surface area contributed by atoms with Gasteiger partial charge in [-0.25, -0.2) is 9.59 Å². The van der Waals surface area contributed by atoms with Crippen LogP contribution >= 0.6 is 0 Å². The van der Waals surface area contributed by atoms with E-state index in [1.165, 1.54) is 7.11 Å². The molecule has 0 aliphatic carbocycles. The number of carbonyl (C=O) groups is 3. The molecule has 0 atom stereocenters. The molecule has 0 saturated carbocycles. The zero-order valence-electron chi connectivity index (χ0n) is 18.5. The minimum Gasteiger partial charge on any atom is -0.484 e. The Morgan fingerprint density at radius 3 is 2.00 bits per heavy atom. The van der Waals surface area contributed by atoms with Crippen LogP contribution in [0, 0.1) is 0 Å². The molecule has 0 radical (unpaired) electrons. The Balaban J connectivity index is 1.98. The maximum absolute atomic E-state index is 11.8. The van der Waals surface area contributed by atoms with E-state index in [1.807, 2.05) is 0 Å². The Morgan fingerprint density at radius 2 is 1.45 bits per heavy atom. The van der Waals surface area contributed by atoms with E-state index >= 15 is 0 Å². The van der Waals surface area contributed by atoms with Gasteiger partial charge in [-0.2, -0.15) is 0 Å². The smallest absolute Gasteiger partial charge is 0.407 e. The standard InChI is InChI=1S/C21H32N2O8/c1-21(2,3)31-20(26)23-10-12-29-14-13-28-11-9-22-18(24)15-30-17-7-5-16(6-8-17)19(25)27-4/h5-8H,9-15H2,1-4H3,(H,22,24)(H,23,26). The lowest BCUT2D eigenvalue weighted by molar-refractivity contribution is -0.123. The van der Waals surface area contributed by atoms with Gasteiger partial charge in [-0.05, 0) is 45.0 Å². The number of esters is 1. The molecule has 31 heavy (non-hydrogen) atoms. The highest BCUT2D eigenvalue weighted by atomic mass is 16.6. The Kier molecular flexibility index (Phi) is 12.0. The van der Waals surface area contributed by atoms with Gasteiger partial charge in [0.2, 0.25) is 0 Å². The number of ether oxygens (including phenoxy) is 5. The van der Waals surface area contributed by atoms with Crippen LogP contribution in [0.5, 0.6) is 5.75 Å². The normalized spacial score (nSPS) is 10.8. The van der Waals surface area contributed by atoms with E-state index < -0.39 is 17.7 Å². The molecule has 2 N–H and O–H groups in total. The lowest BCUT2D eigenvalue weighted by atomic mass is 10.2. The fourth-order valence-electron chi connectivity index (χ4n) is 2.13. The molecule has 1 aromatic rings. The number of hydrogen-bond donors (Lipinski definition) is 2. The van der Waals surface area contributed by atoms with Crippen molar-refractivity contribution in [1.82, 2.24) is 10.6 Å². The van der Waals surface area contributed by atoms with E-state index in [1.54, 1.807) is 45.0 Å². The van der Waals surface area contributed by atoms with Gasteiger partial charge in [0.1, 0.15) is 11.4 Å². The third-order valence-corrected chi connectivity index (χ3v) is 3.50. The first-order valence-electron chi connectivity index (χ1n) is 9.91. The van der Waals surface area contributed by atoms with Crippen LogP contribution in [-0.2, 0) is 23.7 Å². The number of alkyl carbamates (subject to hydrolysis) is 1. The number of rotatable bonds is 13. The second-order valence-electron chi connectivity index (χ2n) is 7.31. The van der Waals surface area contributed by atoms with Gasteiger partial charge in [-0.1, -0.05) is 0 Å². The van der Waals surface area contributed by atoms with Gasteiger partial charge in [0.15, 0.2) is 6.61 Å². The predicted octanol–water partition coefficient (Wildman–Crippen LogP) is 1.53. The van der Waals surface area contributed by atoms with Crippen LogP contribution in [-0.4, -0.2) is 76.8 Å².